The average molecular weight is 692 g/mol. The molecule has 0 unspecified atom stereocenters. The Bertz CT molecular complexity index is 2090. The predicted molar refractivity (Wildman–Crippen MR) is 192 cm³/mol. The number of carbonyl (C=O) groups is 2. The minimum absolute atomic E-state index is 0.00194. The van der Waals surface area contributed by atoms with Gasteiger partial charge < -0.3 is 19.1 Å². The number of likely N-dealkylation sites (tertiary alicyclic amines) is 1. The number of aromatic nitrogens is 2. The van der Waals surface area contributed by atoms with E-state index in [9.17, 15) is 14.0 Å². The molecule has 7 rings (SSSR count). The highest BCUT2D eigenvalue weighted by atomic mass is 28.3. The summed E-state index contributed by atoms with van der Waals surface area (Å²) in [7, 11) is 0.309. The van der Waals surface area contributed by atoms with E-state index in [1.165, 1.54) is 23.1 Å². The zero-order chi connectivity index (χ0) is 35.2. The fourth-order valence-electron chi connectivity index (χ4n) is 6.93. The number of halogens is 2. The standard InChI is InChI=1S/C39H39F2N5O3Si/c1-44-18-17-39(38(44)48)31-16-15-28(40)21-30(31)37(47)46(39)24-29-22-33-34(45(29)25-49-19-20-50(2,3)4)23-32(41)36(42-33)43-35(26-11-7-5-8-12-26)27-13-9-6-10-14-27/h5-16,21-23H,17-20,24-25H2,1-4H3/t39-/m0/s1. The monoisotopic (exact) mass is 691 g/mol. The molecule has 2 amide bonds. The van der Waals surface area contributed by atoms with E-state index >= 15 is 4.39 Å². The first-order chi connectivity index (χ1) is 24.0. The van der Waals surface area contributed by atoms with Gasteiger partial charge in [0.25, 0.3) is 11.8 Å². The molecule has 2 aliphatic rings. The van der Waals surface area contributed by atoms with E-state index in [4.69, 9.17) is 14.7 Å². The van der Waals surface area contributed by atoms with Gasteiger partial charge in [-0.3, -0.25) is 9.59 Å². The Kier molecular flexibility index (Phi) is 8.73. The molecule has 0 N–H and O–H groups in total. The van der Waals surface area contributed by atoms with Crippen LogP contribution in [0.2, 0.25) is 25.7 Å². The fourth-order valence-corrected chi connectivity index (χ4v) is 7.68. The zero-order valence-electron chi connectivity index (χ0n) is 28.6. The largest absolute Gasteiger partial charge is 0.361 e. The summed E-state index contributed by atoms with van der Waals surface area (Å²) in [6, 6.07) is 27.3. The molecule has 1 spiro atoms. The lowest BCUT2D eigenvalue weighted by Crippen LogP contribution is -2.49. The molecule has 2 aliphatic heterocycles. The van der Waals surface area contributed by atoms with Crippen molar-refractivity contribution in [2.24, 2.45) is 4.99 Å². The SMILES string of the molecule is CN1CC[C@@]2(C1=O)c1ccc(F)cc1C(=O)N2Cc1cc2nc(N=C(c3ccccc3)c3ccccc3)c(F)cc2n1COCC[Si](C)(C)C. The molecule has 256 valence electrons. The van der Waals surface area contributed by atoms with Crippen molar-refractivity contribution in [3.63, 3.8) is 0 Å². The molecule has 1 saturated heterocycles. The summed E-state index contributed by atoms with van der Waals surface area (Å²) < 4.78 is 38.5. The van der Waals surface area contributed by atoms with Gasteiger partial charge in [0.15, 0.2) is 11.6 Å². The van der Waals surface area contributed by atoms with Crippen molar-refractivity contribution in [2.45, 2.75) is 50.9 Å². The summed E-state index contributed by atoms with van der Waals surface area (Å²) >= 11 is 0. The molecule has 8 nitrogen and oxygen atoms in total. The molecule has 11 heteroatoms. The van der Waals surface area contributed by atoms with Gasteiger partial charge in [0, 0.05) is 68.7 Å². The van der Waals surface area contributed by atoms with E-state index in [0.29, 0.717) is 47.6 Å². The van der Waals surface area contributed by atoms with Crippen molar-refractivity contribution in [3.8, 4) is 0 Å². The summed E-state index contributed by atoms with van der Waals surface area (Å²) in [4.78, 5) is 40.5. The van der Waals surface area contributed by atoms with Gasteiger partial charge in [0.1, 0.15) is 18.1 Å². The molecular formula is C39H39F2N5O3Si. The van der Waals surface area contributed by atoms with Crippen LogP contribution in [0.1, 0.15) is 39.2 Å². The lowest BCUT2D eigenvalue weighted by Gasteiger charge is -2.34. The molecule has 0 bridgehead atoms. The molecule has 0 aliphatic carbocycles. The Hall–Kier alpha value is -5.00. The Morgan fingerprint density at radius 2 is 1.62 bits per heavy atom. The molecule has 50 heavy (non-hydrogen) atoms. The average Bonchev–Trinajstić information content (AvgIpc) is 3.67. The Morgan fingerprint density at radius 3 is 2.24 bits per heavy atom. The molecule has 4 heterocycles. The minimum atomic E-state index is -1.40. The number of benzene rings is 3. The molecule has 0 saturated carbocycles. The quantitative estimate of drug-likeness (QED) is 0.0863. The molecule has 3 aromatic carbocycles. The number of nitrogens with zero attached hydrogens (tertiary/aromatic N) is 5. The summed E-state index contributed by atoms with van der Waals surface area (Å²) in [6.45, 7) is 7.86. The van der Waals surface area contributed by atoms with Crippen LogP contribution in [-0.4, -0.2) is 65.2 Å². The van der Waals surface area contributed by atoms with E-state index < -0.39 is 31.2 Å². The summed E-state index contributed by atoms with van der Waals surface area (Å²) in [5.41, 5.74) is 3.16. The van der Waals surface area contributed by atoms with Crippen molar-refractivity contribution in [3.05, 3.63) is 131 Å². The predicted octanol–water partition coefficient (Wildman–Crippen LogP) is 7.51. The second-order valence-electron chi connectivity index (χ2n) is 14.2. The topological polar surface area (TPSA) is 80.0 Å². The first-order valence-electron chi connectivity index (χ1n) is 16.8. The normalized spacial score (nSPS) is 17.3. The van der Waals surface area contributed by atoms with E-state index in [-0.39, 0.29) is 30.6 Å². The first kappa shape index (κ1) is 33.5. The van der Waals surface area contributed by atoms with Crippen molar-refractivity contribution in [1.29, 1.82) is 0 Å². The van der Waals surface area contributed by atoms with Gasteiger partial charge in [-0.15, -0.1) is 0 Å². The molecule has 2 aromatic heterocycles. The van der Waals surface area contributed by atoms with Crippen molar-refractivity contribution >= 4 is 42.5 Å². The van der Waals surface area contributed by atoms with E-state index in [0.717, 1.165) is 17.2 Å². The second kappa shape index (κ2) is 13.0. The number of carbonyl (C=O) groups excluding carboxylic acids is 2. The molecule has 5 aromatic rings. The lowest BCUT2D eigenvalue weighted by molar-refractivity contribution is -0.136. The Balaban J connectivity index is 1.33. The van der Waals surface area contributed by atoms with Crippen molar-refractivity contribution in [1.82, 2.24) is 19.4 Å². The zero-order valence-corrected chi connectivity index (χ0v) is 29.6. The number of ether oxygens (including phenoxy) is 1. The lowest BCUT2D eigenvalue weighted by atomic mass is 9.87. The van der Waals surface area contributed by atoms with E-state index in [2.05, 4.69) is 19.6 Å². The number of amides is 2. The summed E-state index contributed by atoms with van der Waals surface area (Å²) in [5.74, 6) is -1.89. The van der Waals surface area contributed by atoms with Crippen LogP contribution in [0, 0.1) is 11.6 Å². The van der Waals surface area contributed by atoms with Crippen LogP contribution in [0.4, 0.5) is 14.6 Å². The highest BCUT2D eigenvalue weighted by molar-refractivity contribution is 6.76. The maximum Gasteiger partial charge on any atom is 0.255 e. The minimum Gasteiger partial charge on any atom is -0.361 e. The van der Waals surface area contributed by atoms with Crippen molar-refractivity contribution < 1.29 is 23.1 Å². The van der Waals surface area contributed by atoms with Crippen LogP contribution in [0.3, 0.4) is 0 Å². The number of rotatable bonds is 10. The van der Waals surface area contributed by atoms with Crippen LogP contribution in [0.25, 0.3) is 11.0 Å². The van der Waals surface area contributed by atoms with Gasteiger partial charge in [0.05, 0.1) is 23.3 Å². The van der Waals surface area contributed by atoms with Crippen LogP contribution < -0.4 is 0 Å². The molecular weight excluding hydrogens is 653 g/mol. The first-order valence-corrected chi connectivity index (χ1v) is 20.5. The number of pyridine rings is 1. The summed E-state index contributed by atoms with van der Waals surface area (Å²) in [6.07, 6.45) is 0.368. The molecule has 0 radical (unpaired) electrons. The van der Waals surface area contributed by atoms with Crippen LogP contribution in [0.15, 0.2) is 96.0 Å². The maximum absolute atomic E-state index is 16.1. The van der Waals surface area contributed by atoms with E-state index in [1.807, 2.05) is 65.2 Å². The molecule has 1 atom stereocenters. The fraction of sp³-hybridized carbons (Fsp3) is 0.282. The second-order valence-corrected chi connectivity index (χ2v) is 19.8. The highest BCUT2D eigenvalue weighted by Crippen LogP contribution is 2.47. The smallest absolute Gasteiger partial charge is 0.255 e. The number of hydrogen-bond donors (Lipinski definition) is 0. The van der Waals surface area contributed by atoms with Crippen molar-refractivity contribution in [2.75, 3.05) is 20.2 Å². The third-order valence-corrected chi connectivity index (χ3v) is 11.3. The van der Waals surface area contributed by atoms with Gasteiger partial charge in [-0.25, -0.2) is 18.8 Å². The Morgan fingerprint density at radius 1 is 0.940 bits per heavy atom. The number of likely N-dealkylation sites (N-methyl/N-ethyl adjacent to an activating group) is 1. The van der Waals surface area contributed by atoms with Gasteiger partial charge in [-0.2, -0.15) is 0 Å². The van der Waals surface area contributed by atoms with Gasteiger partial charge in [-0.1, -0.05) is 86.4 Å². The van der Waals surface area contributed by atoms with Crippen LogP contribution in [0.5, 0.6) is 0 Å². The number of fused-ring (bicyclic) bond motifs is 3. The van der Waals surface area contributed by atoms with Crippen LogP contribution in [-0.2, 0) is 28.3 Å². The highest BCUT2D eigenvalue weighted by Gasteiger charge is 2.58. The summed E-state index contributed by atoms with van der Waals surface area (Å²) in [5, 5.41) is 0. The number of aliphatic imine (C=N–C) groups is 1. The molecule has 1 fully saturated rings. The third kappa shape index (κ3) is 6.05. The van der Waals surface area contributed by atoms with Crippen LogP contribution >= 0.6 is 0 Å². The van der Waals surface area contributed by atoms with E-state index in [1.54, 1.807) is 24.1 Å². The maximum atomic E-state index is 16.1. The third-order valence-electron chi connectivity index (χ3n) is 9.63. The van der Waals surface area contributed by atoms with Gasteiger partial charge in [-0.05, 0) is 24.2 Å². The number of hydrogen-bond acceptors (Lipinski definition) is 5. The van der Waals surface area contributed by atoms with Gasteiger partial charge >= 0.3 is 0 Å². The van der Waals surface area contributed by atoms with Gasteiger partial charge in [0.2, 0.25) is 0 Å². The Labute approximate surface area is 291 Å².